The quantitative estimate of drug-likeness (QED) is 0.165. The van der Waals surface area contributed by atoms with Crippen molar-refractivity contribution < 1.29 is 19.4 Å². The molecule has 0 spiro atoms. The summed E-state index contributed by atoms with van der Waals surface area (Å²) in [4.78, 5) is 11.8. The first kappa shape index (κ1) is 28.9. The molecule has 202 valence electrons. The van der Waals surface area contributed by atoms with E-state index in [1.54, 1.807) is 12.5 Å². The normalized spacial score (nSPS) is 25.3. The monoisotopic (exact) mass is 498 g/mol. The van der Waals surface area contributed by atoms with Crippen LogP contribution in [0.3, 0.4) is 0 Å². The van der Waals surface area contributed by atoms with Gasteiger partial charge in [-0.3, -0.25) is 0 Å². The Morgan fingerprint density at radius 2 is 1.75 bits per heavy atom. The summed E-state index contributed by atoms with van der Waals surface area (Å²) in [5.41, 5.74) is 3.45. The molecule has 0 bridgehead atoms. The molecule has 4 heteroatoms. The lowest BCUT2D eigenvalue weighted by Gasteiger charge is -2.35. The van der Waals surface area contributed by atoms with E-state index in [1.165, 1.54) is 76.2 Å². The van der Waals surface area contributed by atoms with E-state index >= 15 is 0 Å². The number of aliphatic hydroxyl groups excluding tert-OH is 1. The molecule has 3 atom stereocenters. The minimum Gasteiger partial charge on any atom is -0.462 e. The van der Waals surface area contributed by atoms with Crippen molar-refractivity contribution >= 4 is 5.97 Å². The maximum Gasteiger partial charge on any atom is 0.333 e. The number of rotatable bonds is 14. The van der Waals surface area contributed by atoms with Gasteiger partial charge in [0.05, 0.1) is 12.7 Å². The molecule has 1 aliphatic carbocycles. The third-order valence-corrected chi connectivity index (χ3v) is 8.56. The van der Waals surface area contributed by atoms with Crippen LogP contribution in [-0.4, -0.2) is 37.0 Å². The molecule has 0 radical (unpaired) electrons. The Kier molecular flexibility index (Phi) is 12.5. The first-order chi connectivity index (χ1) is 17.5. The highest BCUT2D eigenvalue weighted by Crippen LogP contribution is 2.39. The van der Waals surface area contributed by atoms with Crippen molar-refractivity contribution in [3.63, 3.8) is 0 Å². The number of esters is 1. The molecular weight excluding hydrogens is 448 g/mol. The van der Waals surface area contributed by atoms with Crippen LogP contribution in [0.25, 0.3) is 0 Å². The summed E-state index contributed by atoms with van der Waals surface area (Å²) in [5.74, 6) is 1.93. The molecule has 1 aromatic carbocycles. The van der Waals surface area contributed by atoms with Crippen molar-refractivity contribution in [2.24, 2.45) is 17.8 Å². The lowest BCUT2D eigenvalue weighted by molar-refractivity contribution is -0.143. The summed E-state index contributed by atoms with van der Waals surface area (Å²) < 4.78 is 11.6. The van der Waals surface area contributed by atoms with Crippen LogP contribution in [0, 0.1) is 17.8 Å². The summed E-state index contributed by atoms with van der Waals surface area (Å²) in [6.07, 6.45) is 15.9. The second kappa shape index (κ2) is 15.6. The van der Waals surface area contributed by atoms with E-state index in [4.69, 9.17) is 9.47 Å². The molecule has 36 heavy (non-hydrogen) atoms. The van der Waals surface area contributed by atoms with E-state index in [0.717, 1.165) is 24.9 Å². The van der Waals surface area contributed by atoms with Gasteiger partial charge >= 0.3 is 5.97 Å². The van der Waals surface area contributed by atoms with E-state index < -0.39 is 0 Å². The number of aryl methyl sites for hydroxylation is 1. The molecule has 2 fully saturated rings. The number of aliphatic hydroxyl groups is 1. The van der Waals surface area contributed by atoms with Crippen molar-refractivity contribution in [3.05, 3.63) is 47.5 Å². The van der Waals surface area contributed by atoms with Gasteiger partial charge in [0.15, 0.2) is 0 Å². The molecule has 3 unspecified atom stereocenters. The predicted octanol–water partition coefficient (Wildman–Crippen LogP) is 7.39. The molecular formula is C32H50O4. The van der Waals surface area contributed by atoms with Crippen LogP contribution in [0.5, 0.6) is 0 Å². The van der Waals surface area contributed by atoms with Crippen molar-refractivity contribution in [3.8, 4) is 0 Å². The number of ether oxygens (including phenoxy) is 2. The van der Waals surface area contributed by atoms with Crippen LogP contribution < -0.4 is 0 Å². The zero-order valence-electron chi connectivity index (χ0n) is 22.9. The standard InChI is InChI=1S/C32H50O4/c1-4-5-6-7-25-10-15-28(16-11-25)29-17-12-26(13-18-29)8-9-27-14-19-31(35-22-27)30(20-21-33)23-36-32(34)24(2)3/h10-11,15-16,26-27,29-31,33H,2,4-9,12-14,17-23H2,1,3H3. The first-order valence-corrected chi connectivity index (χ1v) is 14.6. The summed E-state index contributed by atoms with van der Waals surface area (Å²) in [6, 6.07) is 9.52. The smallest absolute Gasteiger partial charge is 0.333 e. The van der Waals surface area contributed by atoms with E-state index in [2.05, 4.69) is 37.8 Å². The minimum absolute atomic E-state index is 0.0555. The maximum atomic E-state index is 11.8. The first-order valence-electron chi connectivity index (χ1n) is 14.6. The zero-order valence-corrected chi connectivity index (χ0v) is 22.9. The molecule has 1 heterocycles. The Bertz CT molecular complexity index is 770. The summed E-state index contributed by atoms with van der Waals surface area (Å²) in [6.45, 7) is 8.74. The average Bonchev–Trinajstić information content (AvgIpc) is 2.91. The third-order valence-electron chi connectivity index (χ3n) is 8.56. The highest BCUT2D eigenvalue weighted by molar-refractivity contribution is 5.86. The van der Waals surface area contributed by atoms with Gasteiger partial charge in [0.2, 0.25) is 0 Å². The lowest BCUT2D eigenvalue weighted by Crippen LogP contribution is -2.35. The molecule has 1 N–H and O–H groups in total. The van der Waals surface area contributed by atoms with E-state index in [1.807, 2.05) is 0 Å². The Balaban J connectivity index is 1.33. The van der Waals surface area contributed by atoms with Gasteiger partial charge in [0, 0.05) is 24.7 Å². The molecule has 0 aromatic heterocycles. The van der Waals surface area contributed by atoms with Crippen molar-refractivity contribution in [2.45, 2.75) is 109 Å². The average molecular weight is 499 g/mol. The largest absolute Gasteiger partial charge is 0.462 e. The summed E-state index contributed by atoms with van der Waals surface area (Å²) in [5, 5.41) is 9.45. The van der Waals surface area contributed by atoms with Gasteiger partial charge in [0.25, 0.3) is 0 Å². The van der Waals surface area contributed by atoms with Crippen molar-refractivity contribution in [1.29, 1.82) is 0 Å². The fourth-order valence-corrected chi connectivity index (χ4v) is 6.07. The second-order valence-electron chi connectivity index (χ2n) is 11.5. The Morgan fingerprint density at radius 3 is 2.36 bits per heavy atom. The number of hydrogen-bond acceptors (Lipinski definition) is 4. The predicted molar refractivity (Wildman–Crippen MR) is 147 cm³/mol. The SMILES string of the molecule is C=C(C)C(=O)OCC(CCO)C1CCC(CCC2CCC(c3ccc(CCCCC)cc3)CC2)CO1. The zero-order chi connectivity index (χ0) is 25.8. The van der Waals surface area contributed by atoms with Gasteiger partial charge in [-0.25, -0.2) is 4.79 Å². The molecule has 1 saturated heterocycles. The van der Waals surface area contributed by atoms with Gasteiger partial charge in [-0.15, -0.1) is 0 Å². The van der Waals surface area contributed by atoms with E-state index in [9.17, 15) is 9.90 Å². The van der Waals surface area contributed by atoms with Gasteiger partial charge in [0.1, 0.15) is 0 Å². The number of hydrogen-bond donors (Lipinski definition) is 1. The molecule has 3 rings (SSSR count). The highest BCUT2D eigenvalue weighted by atomic mass is 16.5. The molecule has 1 aliphatic heterocycles. The Hall–Kier alpha value is -1.65. The van der Waals surface area contributed by atoms with Gasteiger partial charge in [-0.1, -0.05) is 57.0 Å². The van der Waals surface area contributed by atoms with E-state index in [-0.39, 0.29) is 24.6 Å². The molecule has 4 nitrogen and oxygen atoms in total. The second-order valence-corrected chi connectivity index (χ2v) is 11.5. The van der Waals surface area contributed by atoms with Crippen LogP contribution in [0.4, 0.5) is 0 Å². The molecule has 0 amide bonds. The van der Waals surface area contributed by atoms with E-state index in [0.29, 0.717) is 24.5 Å². The maximum absolute atomic E-state index is 11.8. The number of unbranched alkanes of at least 4 members (excludes halogenated alkanes) is 2. The topological polar surface area (TPSA) is 55.8 Å². The summed E-state index contributed by atoms with van der Waals surface area (Å²) >= 11 is 0. The fraction of sp³-hybridized carbons (Fsp3) is 0.719. The highest BCUT2D eigenvalue weighted by Gasteiger charge is 2.30. The van der Waals surface area contributed by atoms with Gasteiger partial charge in [-0.05, 0) is 100 Å². The van der Waals surface area contributed by atoms with Crippen LogP contribution in [0.2, 0.25) is 0 Å². The molecule has 2 aliphatic rings. The van der Waals surface area contributed by atoms with Crippen LogP contribution in [0.15, 0.2) is 36.4 Å². The minimum atomic E-state index is -0.360. The number of carbonyl (C=O) groups is 1. The fourth-order valence-electron chi connectivity index (χ4n) is 6.07. The van der Waals surface area contributed by atoms with Crippen LogP contribution in [-0.2, 0) is 20.7 Å². The van der Waals surface area contributed by atoms with Gasteiger partial charge < -0.3 is 14.6 Å². The van der Waals surface area contributed by atoms with Gasteiger partial charge in [-0.2, -0.15) is 0 Å². The number of benzene rings is 1. The van der Waals surface area contributed by atoms with Crippen molar-refractivity contribution in [2.75, 3.05) is 19.8 Å². The Labute approximate surface area is 219 Å². The summed E-state index contributed by atoms with van der Waals surface area (Å²) in [7, 11) is 0. The third kappa shape index (κ3) is 9.34. The van der Waals surface area contributed by atoms with Crippen LogP contribution in [0.1, 0.15) is 108 Å². The van der Waals surface area contributed by atoms with Crippen LogP contribution >= 0.6 is 0 Å². The Morgan fingerprint density at radius 1 is 1.06 bits per heavy atom. The lowest BCUT2D eigenvalue weighted by atomic mass is 9.76. The van der Waals surface area contributed by atoms with Crippen molar-refractivity contribution in [1.82, 2.24) is 0 Å². The molecule has 1 aromatic rings. The number of carbonyl (C=O) groups excluding carboxylic acids is 1. The molecule has 1 saturated carbocycles.